The summed E-state index contributed by atoms with van der Waals surface area (Å²) in [7, 11) is 0. The van der Waals surface area contributed by atoms with E-state index in [0.29, 0.717) is 0 Å². The standard InChI is InChI=1S/C5H3NO2/c6-3-4-1-2-8-5(4)7/h1-2,7H. The first-order valence-corrected chi connectivity index (χ1v) is 2.01. The molecule has 3 nitrogen and oxygen atoms in total. The van der Waals surface area contributed by atoms with Gasteiger partial charge in [-0.1, -0.05) is 0 Å². The Morgan fingerprint density at radius 2 is 2.50 bits per heavy atom. The predicted octanol–water partition coefficient (Wildman–Crippen LogP) is 0.857. The molecule has 0 aliphatic carbocycles. The van der Waals surface area contributed by atoms with Crippen molar-refractivity contribution in [2.75, 3.05) is 0 Å². The quantitative estimate of drug-likeness (QED) is 0.537. The first kappa shape index (κ1) is 4.72. The van der Waals surface area contributed by atoms with Gasteiger partial charge in [-0.15, -0.1) is 0 Å². The number of furan rings is 1. The Balaban J connectivity index is 3.15. The maximum Gasteiger partial charge on any atom is 0.300 e. The third-order valence-electron chi connectivity index (χ3n) is 0.765. The van der Waals surface area contributed by atoms with Crippen molar-refractivity contribution in [2.24, 2.45) is 0 Å². The zero-order valence-corrected chi connectivity index (χ0v) is 3.96. The SMILES string of the molecule is N#Cc1ccoc1O. The van der Waals surface area contributed by atoms with Crippen LogP contribution in [-0.4, -0.2) is 5.11 Å². The normalized spacial score (nSPS) is 8.38. The largest absolute Gasteiger partial charge is 0.480 e. The fourth-order valence-electron chi connectivity index (χ4n) is 0.386. The van der Waals surface area contributed by atoms with Crippen LogP contribution in [0.1, 0.15) is 5.56 Å². The van der Waals surface area contributed by atoms with Crippen LogP contribution >= 0.6 is 0 Å². The van der Waals surface area contributed by atoms with E-state index < -0.39 is 0 Å². The monoisotopic (exact) mass is 109 g/mol. The molecule has 0 bridgehead atoms. The zero-order valence-electron chi connectivity index (χ0n) is 3.96. The van der Waals surface area contributed by atoms with Gasteiger partial charge in [-0.3, -0.25) is 0 Å². The number of hydrogen-bond acceptors (Lipinski definition) is 3. The molecule has 0 unspecified atom stereocenters. The fourth-order valence-corrected chi connectivity index (χ4v) is 0.386. The van der Waals surface area contributed by atoms with Crippen LogP contribution in [0.5, 0.6) is 5.95 Å². The molecule has 0 saturated heterocycles. The van der Waals surface area contributed by atoms with Gasteiger partial charge in [-0.25, -0.2) is 0 Å². The molecule has 0 aliphatic rings. The second-order valence-electron chi connectivity index (χ2n) is 1.25. The molecule has 1 aromatic rings. The minimum Gasteiger partial charge on any atom is -0.480 e. The van der Waals surface area contributed by atoms with E-state index in [1.165, 1.54) is 12.3 Å². The molecule has 1 N–H and O–H groups in total. The Morgan fingerprint density at radius 3 is 2.75 bits per heavy atom. The van der Waals surface area contributed by atoms with Gasteiger partial charge in [0, 0.05) is 0 Å². The average Bonchev–Trinajstić information content (AvgIpc) is 2.14. The van der Waals surface area contributed by atoms with Crippen LogP contribution < -0.4 is 0 Å². The van der Waals surface area contributed by atoms with Gasteiger partial charge in [0.05, 0.1) is 6.26 Å². The molecule has 1 rings (SSSR count). The molecule has 0 radical (unpaired) electrons. The van der Waals surface area contributed by atoms with Crippen molar-refractivity contribution in [3.05, 3.63) is 17.9 Å². The van der Waals surface area contributed by atoms with Crippen LogP contribution in [0.3, 0.4) is 0 Å². The van der Waals surface area contributed by atoms with Crippen LogP contribution in [0, 0.1) is 11.3 Å². The number of nitriles is 1. The first-order valence-electron chi connectivity index (χ1n) is 2.01. The highest BCUT2D eigenvalue weighted by Gasteiger charge is 1.99. The molecule has 8 heavy (non-hydrogen) atoms. The molecular formula is C5H3NO2. The predicted molar refractivity (Wildman–Crippen MR) is 25.1 cm³/mol. The number of aromatic hydroxyl groups is 1. The zero-order chi connectivity index (χ0) is 5.98. The topological polar surface area (TPSA) is 57.2 Å². The summed E-state index contributed by atoms with van der Waals surface area (Å²) in [6.45, 7) is 0. The second-order valence-corrected chi connectivity index (χ2v) is 1.25. The van der Waals surface area contributed by atoms with E-state index in [4.69, 9.17) is 10.4 Å². The minimum atomic E-state index is -0.312. The van der Waals surface area contributed by atoms with Crippen molar-refractivity contribution >= 4 is 0 Å². The van der Waals surface area contributed by atoms with Crippen molar-refractivity contribution in [1.82, 2.24) is 0 Å². The van der Waals surface area contributed by atoms with Crippen LogP contribution in [0.15, 0.2) is 16.7 Å². The summed E-state index contributed by atoms with van der Waals surface area (Å²) < 4.78 is 4.39. The molecule has 0 amide bonds. The van der Waals surface area contributed by atoms with Crippen molar-refractivity contribution in [1.29, 1.82) is 5.26 Å². The molecule has 1 heterocycles. The lowest BCUT2D eigenvalue weighted by Crippen LogP contribution is -1.61. The number of hydrogen-bond donors (Lipinski definition) is 1. The molecule has 40 valence electrons. The molecule has 1 aromatic heterocycles. The fraction of sp³-hybridized carbons (Fsp3) is 0. The summed E-state index contributed by atoms with van der Waals surface area (Å²) >= 11 is 0. The van der Waals surface area contributed by atoms with E-state index in [1.54, 1.807) is 6.07 Å². The van der Waals surface area contributed by atoms with E-state index in [2.05, 4.69) is 4.42 Å². The third kappa shape index (κ3) is 0.521. The average molecular weight is 109 g/mol. The summed E-state index contributed by atoms with van der Waals surface area (Å²) in [5.41, 5.74) is 0.171. The smallest absolute Gasteiger partial charge is 0.300 e. The number of nitrogens with zero attached hydrogens (tertiary/aromatic N) is 1. The number of rotatable bonds is 0. The third-order valence-corrected chi connectivity index (χ3v) is 0.765. The first-order chi connectivity index (χ1) is 3.84. The summed E-state index contributed by atoms with van der Waals surface area (Å²) in [6, 6.07) is 3.13. The molecule has 0 spiro atoms. The van der Waals surface area contributed by atoms with Crippen LogP contribution in [0.25, 0.3) is 0 Å². The van der Waals surface area contributed by atoms with E-state index >= 15 is 0 Å². The van der Waals surface area contributed by atoms with Gasteiger partial charge < -0.3 is 9.52 Å². The van der Waals surface area contributed by atoms with Gasteiger partial charge in [0.15, 0.2) is 0 Å². The Kier molecular flexibility index (Phi) is 0.935. The second kappa shape index (κ2) is 1.58. The molecule has 3 heteroatoms. The molecular weight excluding hydrogens is 106 g/mol. The molecule has 0 atom stereocenters. The summed E-state index contributed by atoms with van der Waals surface area (Å²) in [6.07, 6.45) is 1.26. The Labute approximate surface area is 45.8 Å². The Bertz CT molecular complexity index is 221. The van der Waals surface area contributed by atoms with Crippen LogP contribution in [-0.2, 0) is 0 Å². The molecule has 0 aliphatic heterocycles. The maximum absolute atomic E-state index is 8.56. The highest BCUT2D eigenvalue weighted by Crippen LogP contribution is 2.14. The lowest BCUT2D eigenvalue weighted by Gasteiger charge is -1.76. The molecule has 0 fully saturated rings. The van der Waals surface area contributed by atoms with Gasteiger partial charge in [0.2, 0.25) is 0 Å². The van der Waals surface area contributed by atoms with Gasteiger partial charge in [-0.05, 0) is 6.07 Å². The Hall–Kier alpha value is -1.43. The van der Waals surface area contributed by atoms with Crippen molar-refractivity contribution in [3.8, 4) is 12.0 Å². The van der Waals surface area contributed by atoms with E-state index in [1.807, 2.05) is 0 Å². The van der Waals surface area contributed by atoms with Gasteiger partial charge in [0.25, 0.3) is 5.95 Å². The van der Waals surface area contributed by atoms with E-state index in [-0.39, 0.29) is 11.5 Å². The highest BCUT2D eigenvalue weighted by molar-refractivity contribution is 5.33. The van der Waals surface area contributed by atoms with Gasteiger partial charge in [-0.2, -0.15) is 5.26 Å². The van der Waals surface area contributed by atoms with Crippen molar-refractivity contribution in [3.63, 3.8) is 0 Å². The molecule has 0 saturated carbocycles. The van der Waals surface area contributed by atoms with Crippen molar-refractivity contribution < 1.29 is 9.52 Å². The van der Waals surface area contributed by atoms with Gasteiger partial charge in [0.1, 0.15) is 11.6 Å². The van der Waals surface area contributed by atoms with E-state index in [9.17, 15) is 0 Å². The summed E-state index contributed by atoms with van der Waals surface area (Å²) in [5.74, 6) is -0.312. The van der Waals surface area contributed by atoms with Gasteiger partial charge >= 0.3 is 0 Å². The van der Waals surface area contributed by atoms with Crippen LogP contribution in [0.4, 0.5) is 0 Å². The van der Waals surface area contributed by atoms with Crippen molar-refractivity contribution in [2.45, 2.75) is 0 Å². The minimum absolute atomic E-state index is 0.171. The Morgan fingerprint density at radius 1 is 1.75 bits per heavy atom. The molecule has 0 aromatic carbocycles. The summed E-state index contributed by atoms with van der Waals surface area (Å²) in [5, 5.41) is 16.7. The highest BCUT2D eigenvalue weighted by atomic mass is 16.5. The van der Waals surface area contributed by atoms with E-state index in [0.717, 1.165) is 0 Å². The maximum atomic E-state index is 8.56. The lowest BCUT2D eigenvalue weighted by atomic mass is 10.4. The van der Waals surface area contributed by atoms with Crippen LogP contribution in [0.2, 0.25) is 0 Å². The summed E-state index contributed by atoms with van der Waals surface area (Å²) in [4.78, 5) is 0. The lowest BCUT2D eigenvalue weighted by molar-refractivity contribution is 0.331.